The molecule has 1 radical (unpaired) electrons. The molecule has 0 aromatic carbocycles. The molecule has 1 N–H and O–H groups in total. The Bertz CT molecular complexity index is 329. The van der Waals surface area contributed by atoms with Gasteiger partial charge in [0.1, 0.15) is 0 Å². The van der Waals surface area contributed by atoms with E-state index in [0.717, 1.165) is 37.4 Å². The van der Waals surface area contributed by atoms with Crippen LogP contribution < -0.4 is 4.90 Å². The van der Waals surface area contributed by atoms with E-state index >= 15 is 0 Å². The van der Waals surface area contributed by atoms with Gasteiger partial charge in [-0.1, -0.05) is 0 Å². The van der Waals surface area contributed by atoms with E-state index in [4.69, 9.17) is 0 Å². The molecule has 1 saturated heterocycles. The number of nitrogens with zero attached hydrogens (tertiary/aromatic N) is 3. The highest BCUT2D eigenvalue weighted by Crippen LogP contribution is 2.23. The van der Waals surface area contributed by atoms with E-state index in [2.05, 4.69) is 22.0 Å². The summed E-state index contributed by atoms with van der Waals surface area (Å²) in [5, 5.41) is 17.6. The van der Waals surface area contributed by atoms with Gasteiger partial charge in [-0.2, -0.15) is 5.10 Å². The van der Waals surface area contributed by atoms with Gasteiger partial charge < -0.3 is 10.0 Å². The lowest BCUT2D eigenvalue weighted by Crippen LogP contribution is -2.37. The van der Waals surface area contributed by atoms with Crippen molar-refractivity contribution in [1.29, 1.82) is 0 Å². The Morgan fingerprint density at radius 3 is 2.56 bits per heavy atom. The lowest BCUT2D eigenvalue weighted by molar-refractivity contribution is 0.132. The van der Waals surface area contributed by atoms with Crippen LogP contribution in [-0.4, -0.2) is 34.5 Å². The van der Waals surface area contributed by atoms with E-state index in [0.29, 0.717) is 5.92 Å². The van der Waals surface area contributed by atoms with Crippen molar-refractivity contribution in [2.24, 2.45) is 5.92 Å². The molecule has 4 nitrogen and oxygen atoms in total. The lowest BCUT2D eigenvalue weighted by atomic mass is 9.92. The second kappa shape index (κ2) is 4.78. The standard InChI is InChI=1S/C12H18N3O/c1-9-3-4-12(14-13-9)15-7-5-11(6-8-15)10(2)16/h3-4,10-11,16H,2,5-8H2,1H3. The van der Waals surface area contributed by atoms with E-state index in [-0.39, 0.29) is 0 Å². The average molecular weight is 220 g/mol. The Kier molecular flexibility index (Phi) is 3.39. The monoisotopic (exact) mass is 220 g/mol. The van der Waals surface area contributed by atoms with E-state index in [9.17, 15) is 5.11 Å². The van der Waals surface area contributed by atoms with Crippen LogP contribution >= 0.6 is 0 Å². The fraction of sp³-hybridized carbons (Fsp3) is 0.583. The van der Waals surface area contributed by atoms with E-state index in [1.54, 1.807) is 0 Å². The summed E-state index contributed by atoms with van der Waals surface area (Å²) in [7, 11) is 0. The van der Waals surface area contributed by atoms with Crippen molar-refractivity contribution >= 4 is 5.82 Å². The number of hydrogen-bond donors (Lipinski definition) is 1. The summed E-state index contributed by atoms with van der Waals surface area (Å²) in [5.74, 6) is 1.26. The van der Waals surface area contributed by atoms with E-state index in [1.807, 2.05) is 19.1 Å². The van der Waals surface area contributed by atoms with Gasteiger partial charge in [0.25, 0.3) is 0 Å². The molecule has 87 valence electrons. The topological polar surface area (TPSA) is 49.2 Å². The molecule has 1 aromatic heterocycles. The van der Waals surface area contributed by atoms with Crippen molar-refractivity contribution < 1.29 is 5.11 Å². The third-order valence-corrected chi connectivity index (χ3v) is 3.19. The first-order valence-corrected chi connectivity index (χ1v) is 5.73. The number of hydrogen-bond acceptors (Lipinski definition) is 4. The van der Waals surface area contributed by atoms with Crippen molar-refractivity contribution in [3.63, 3.8) is 0 Å². The molecule has 2 rings (SSSR count). The zero-order valence-corrected chi connectivity index (χ0v) is 9.63. The normalized spacial score (nSPS) is 19.8. The molecule has 1 aromatic rings. The van der Waals surface area contributed by atoms with Gasteiger partial charge >= 0.3 is 0 Å². The first-order chi connectivity index (χ1) is 7.66. The van der Waals surface area contributed by atoms with Gasteiger partial charge in [-0.25, -0.2) is 0 Å². The quantitative estimate of drug-likeness (QED) is 0.813. The summed E-state index contributed by atoms with van der Waals surface area (Å²) in [5.41, 5.74) is 0.937. The molecular formula is C12H18N3O. The Morgan fingerprint density at radius 2 is 2.06 bits per heavy atom. The second-order valence-corrected chi connectivity index (χ2v) is 4.42. The highest BCUT2D eigenvalue weighted by Gasteiger charge is 2.23. The molecule has 1 fully saturated rings. The maximum atomic E-state index is 9.41. The molecule has 0 spiro atoms. The molecular weight excluding hydrogens is 202 g/mol. The van der Waals surface area contributed by atoms with Crippen molar-refractivity contribution in [2.75, 3.05) is 18.0 Å². The number of piperidine rings is 1. The zero-order chi connectivity index (χ0) is 11.5. The Labute approximate surface area is 96.3 Å². The third-order valence-electron chi connectivity index (χ3n) is 3.19. The molecule has 0 saturated carbocycles. The van der Waals surface area contributed by atoms with Crippen molar-refractivity contribution in [3.8, 4) is 0 Å². The number of aryl methyl sites for hydroxylation is 1. The molecule has 16 heavy (non-hydrogen) atoms. The smallest absolute Gasteiger partial charge is 0.151 e. The molecule has 1 aliphatic rings. The third kappa shape index (κ3) is 2.50. The van der Waals surface area contributed by atoms with Gasteiger partial charge in [-0.15, -0.1) is 5.10 Å². The molecule has 4 heteroatoms. The number of rotatable bonds is 2. The fourth-order valence-corrected chi connectivity index (χ4v) is 2.07. The van der Waals surface area contributed by atoms with Crippen molar-refractivity contribution in [3.05, 3.63) is 24.8 Å². The number of aliphatic hydroxyl groups is 1. The number of anilines is 1. The highest BCUT2D eigenvalue weighted by molar-refractivity contribution is 5.37. The summed E-state index contributed by atoms with van der Waals surface area (Å²) >= 11 is 0. The molecule has 0 amide bonds. The van der Waals surface area contributed by atoms with Gasteiger partial charge in [0.05, 0.1) is 11.8 Å². The van der Waals surface area contributed by atoms with Crippen LogP contribution in [0.1, 0.15) is 18.5 Å². The predicted molar refractivity (Wildman–Crippen MR) is 63.1 cm³/mol. The number of aromatic nitrogens is 2. The minimum atomic E-state index is -0.439. The van der Waals surface area contributed by atoms with Gasteiger partial charge in [-0.3, -0.25) is 0 Å². The van der Waals surface area contributed by atoms with Crippen LogP contribution in [0.4, 0.5) is 5.82 Å². The molecule has 1 unspecified atom stereocenters. The average Bonchev–Trinajstić information content (AvgIpc) is 2.30. The molecule has 1 atom stereocenters. The Balaban J connectivity index is 1.96. The molecule has 0 bridgehead atoms. The van der Waals surface area contributed by atoms with Crippen LogP contribution in [0.2, 0.25) is 0 Å². The number of aliphatic hydroxyl groups excluding tert-OH is 1. The van der Waals surface area contributed by atoms with E-state index in [1.165, 1.54) is 0 Å². The summed E-state index contributed by atoms with van der Waals surface area (Å²) in [6.45, 7) is 7.46. The largest absolute Gasteiger partial charge is 0.393 e. The summed E-state index contributed by atoms with van der Waals surface area (Å²) in [6.07, 6.45) is 1.51. The summed E-state index contributed by atoms with van der Waals surface area (Å²) in [4.78, 5) is 2.21. The molecule has 2 heterocycles. The van der Waals surface area contributed by atoms with Crippen LogP contribution in [0.5, 0.6) is 0 Å². The van der Waals surface area contributed by atoms with Crippen molar-refractivity contribution in [1.82, 2.24) is 10.2 Å². The van der Waals surface area contributed by atoms with Gasteiger partial charge in [0.2, 0.25) is 0 Å². The zero-order valence-electron chi connectivity index (χ0n) is 9.63. The first kappa shape index (κ1) is 11.3. The van der Waals surface area contributed by atoms with Crippen molar-refractivity contribution in [2.45, 2.75) is 25.9 Å². The minimum Gasteiger partial charge on any atom is -0.393 e. The maximum Gasteiger partial charge on any atom is 0.151 e. The summed E-state index contributed by atoms with van der Waals surface area (Å²) < 4.78 is 0. The lowest BCUT2D eigenvalue weighted by Gasteiger charge is -2.33. The van der Waals surface area contributed by atoms with Crippen LogP contribution in [0, 0.1) is 19.8 Å². The van der Waals surface area contributed by atoms with Gasteiger partial charge in [0.15, 0.2) is 5.82 Å². The first-order valence-electron chi connectivity index (χ1n) is 5.73. The van der Waals surface area contributed by atoms with Gasteiger partial charge in [0, 0.05) is 13.1 Å². The van der Waals surface area contributed by atoms with Crippen LogP contribution in [0.15, 0.2) is 12.1 Å². The minimum absolute atomic E-state index is 0.328. The highest BCUT2D eigenvalue weighted by atomic mass is 16.3. The molecule has 0 aliphatic carbocycles. The predicted octanol–water partition coefficient (Wildman–Crippen LogP) is 1.20. The fourth-order valence-electron chi connectivity index (χ4n) is 2.07. The second-order valence-electron chi connectivity index (χ2n) is 4.42. The van der Waals surface area contributed by atoms with Crippen LogP contribution in [0.25, 0.3) is 0 Å². The van der Waals surface area contributed by atoms with Crippen LogP contribution in [0.3, 0.4) is 0 Å². The summed E-state index contributed by atoms with van der Waals surface area (Å²) in [6, 6.07) is 3.98. The Hall–Kier alpha value is -1.16. The van der Waals surface area contributed by atoms with Crippen LogP contribution in [-0.2, 0) is 0 Å². The van der Waals surface area contributed by atoms with Gasteiger partial charge in [-0.05, 0) is 44.7 Å². The Morgan fingerprint density at radius 1 is 1.38 bits per heavy atom. The molecule has 1 aliphatic heterocycles. The SMILES string of the molecule is [CH2]C(O)C1CCN(c2ccc(C)nn2)CC1. The van der Waals surface area contributed by atoms with E-state index < -0.39 is 6.10 Å². The maximum absolute atomic E-state index is 9.41.